The predicted molar refractivity (Wildman–Crippen MR) is 115 cm³/mol. The van der Waals surface area contributed by atoms with Crippen LogP contribution in [0.3, 0.4) is 0 Å². The van der Waals surface area contributed by atoms with Gasteiger partial charge in [0.25, 0.3) is 11.5 Å². The zero-order valence-corrected chi connectivity index (χ0v) is 17.7. The molecule has 0 atom stereocenters. The number of pyridine rings is 1. The molecular formula is C23H29N3O4. The maximum atomic E-state index is 13.2. The number of carbonyl (C=O) groups is 1. The third-order valence-corrected chi connectivity index (χ3v) is 5.95. The van der Waals surface area contributed by atoms with E-state index in [1.165, 1.54) is 30.3 Å². The number of fused-ring (bicyclic) bond motifs is 1. The van der Waals surface area contributed by atoms with E-state index < -0.39 is 0 Å². The zero-order valence-electron chi connectivity index (χ0n) is 17.7. The number of aromatic nitrogens is 1. The number of rotatable bonds is 5. The Labute approximate surface area is 176 Å². The molecule has 1 amide bonds. The average molecular weight is 412 g/mol. The lowest BCUT2D eigenvalue weighted by atomic mass is 10.1. The minimum absolute atomic E-state index is 0.174. The summed E-state index contributed by atoms with van der Waals surface area (Å²) in [6.45, 7) is 5.60. The highest BCUT2D eigenvalue weighted by molar-refractivity contribution is 5.95. The Bertz CT molecular complexity index is 977. The number of hydrogen-bond acceptors (Lipinski definition) is 5. The van der Waals surface area contributed by atoms with Crippen LogP contribution < -0.4 is 15.0 Å². The number of likely N-dealkylation sites (tertiary alicyclic amines) is 1. The average Bonchev–Trinajstić information content (AvgIpc) is 3.05. The lowest BCUT2D eigenvalue weighted by Crippen LogP contribution is -2.39. The number of likely N-dealkylation sites (N-methyl/N-ethyl adjacent to an activating group) is 1. The van der Waals surface area contributed by atoms with Gasteiger partial charge >= 0.3 is 0 Å². The lowest BCUT2D eigenvalue weighted by Gasteiger charge is -2.24. The standard InChI is InChI=1S/C23H29N3O4/c1-17-9-12-26(18-7-8-19-20(15-18)30-16-29-19)23(28)21(17)22(27)24(2)13-14-25-10-5-3-4-6-11-25/h7-9,12,15H,3-6,10-11,13-14,16H2,1-2H3. The molecule has 0 spiro atoms. The molecule has 160 valence electrons. The van der Waals surface area contributed by atoms with Gasteiger partial charge in [-0.05, 0) is 56.6 Å². The highest BCUT2D eigenvalue weighted by atomic mass is 16.7. The van der Waals surface area contributed by atoms with Gasteiger partial charge in [0.15, 0.2) is 11.5 Å². The van der Waals surface area contributed by atoms with Crippen molar-refractivity contribution >= 4 is 5.91 Å². The van der Waals surface area contributed by atoms with Gasteiger partial charge < -0.3 is 19.3 Å². The first kappa shape index (κ1) is 20.5. The van der Waals surface area contributed by atoms with Crippen molar-refractivity contribution < 1.29 is 14.3 Å². The summed E-state index contributed by atoms with van der Waals surface area (Å²) >= 11 is 0. The molecule has 0 radical (unpaired) electrons. The summed E-state index contributed by atoms with van der Waals surface area (Å²) in [5.41, 5.74) is 1.23. The first-order valence-corrected chi connectivity index (χ1v) is 10.6. The fraction of sp³-hybridized carbons (Fsp3) is 0.478. The van der Waals surface area contributed by atoms with E-state index in [4.69, 9.17) is 9.47 Å². The van der Waals surface area contributed by atoms with E-state index in [2.05, 4.69) is 4.90 Å². The summed E-state index contributed by atoms with van der Waals surface area (Å²) in [7, 11) is 1.77. The second kappa shape index (κ2) is 8.92. The molecule has 30 heavy (non-hydrogen) atoms. The molecule has 7 heteroatoms. The normalized spacial score (nSPS) is 16.3. The van der Waals surface area contributed by atoms with Crippen molar-refractivity contribution in [1.29, 1.82) is 0 Å². The maximum Gasteiger partial charge on any atom is 0.268 e. The molecular weight excluding hydrogens is 382 g/mol. The van der Waals surface area contributed by atoms with Crippen molar-refractivity contribution in [2.24, 2.45) is 0 Å². The Balaban J connectivity index is 1.53. The molecule has 0 bridgehead atoms. The van der Waals surface area contributed by atoms with Gasteiger partial charge in [-0.25, -0.2) is 0 Å². The molecule has 0 aliphatic carbocycles. The Hall–Kier alpha value is -2.80. The molecule has 3 heterocycles. The van der Waals surface area contributed by atoms with E-state index in [1.54, 1.807) is 43.3 Å². The SMILES string of the molecule is Cc1ccn(-c2ccc3c(c2)OCO3)c(=O)c1C(=O)N(C)CCN1CCCCCC1. The molecule has 7 nitrogen and oxygen atoms in total. The Morgan fingerprint density at radius 3 is 2.57 bits per heavy atom. The second-order valence-electron chi connectivity index (χ2n) is 8.07. The monoisotopic (exact) mass is 411 g/mol. The molecule has 2 aliphatic heterocycles. The molecule has 0 saturated carbocycles. The van der Waals surface area contributed by atoms with Gasteiger partial charge in [-0.3, -0.25) is 14.2 Å². The first-order chi connectivity index (χ1) is 14.5. The molecule has 1 saturated heterocycles. The molecule has 1 fully saturated rings. The number of carbonyl (C=O) groups excluding carboxylic acids is 1. The number of aryl methyl sites for hydroxylation is 1. The largest absolute Gasteiger partial charge is 0.454 e. The molecule has 2 aliphatic rings. The summed E-state index contributed by atoms with van der Waals surface area (Å²) in [5.74, 6) is 1.02. The van der Waals surface area contributed by atoms with Crippen LogP contribution in [0.2, 0.25) is 0 Å². The van der Waals surface area contributed by atoms with Crippen molar-refractivity contribution in [2.75, 3.05) is 40.0 Å². The quantitative estimate of drug-likeness (QED) is 0.757. The summed E-state index contributed by atoms with van der Waals surface area (Å²) in [5, 5.41) is 0. The van der Waals surface area contributed by atoms with Crippen LogP contribution in [0.4, 0.5) is 0 Å². The van der Waals surface area contributed by atoms with Crippen LogP contribution in [0.25, 0.3) is 5.69 Å². The molecule has 0 unspecified atom stereocenters. The lowest BCUT2D eigenvalue weighted by molar-refractivity contribution is 0.0775. The fourth-order valence-electron chi connectivity index (χ4n) is 4.07. The maximum absolute atomic E-state index is 13.2. The molecule has 0 N–H and O–H groups in total. The highest BCUT2D eigenvalue weighted by Gasteiger charge is 2.22. The van der Waals surface area contributed by atoms with Gasteiger partial charge in [-0.2, -0.15) is 0 Å². The van der Waals surface area contributed by atoms with Gasteiger partial charge in [-0.1, -0.05) is 12.8 Å². The number of amides is 1. The summed E-state index contributed by atoms with van der Waals surface area (Å²) in [6, 6.07) is 7.14. The Morgan fingerprint density at radius 2 is 1.80 bits per heavy atom. The minimum Gasteiger partial charge on any atom is -0.454 e. The molecule has 4 rings (SSSR count). The van der Waals surface area contributed by atoms with Gasteiger partial charge in [0.05, 0.1) is 5.69 Å². The second-order valence-corrected chi connectivity index (χ2v) is 8.07. The van der Waals surface area contributed by atoms with Crippen molar-refractivity contribution in [3.05, 3.63) is 51.9 Å². The number of nitrogens with zero attached hydrogens (tertiary/aromatic N) is 3. The minimum atomic E-state index is -0.319. The first-order valence-electron chi connectivity index (χ1n) is 10.6. The number of ether oxygens (including phenoxy) is 2. The van der Waals surface area contributed by atoms with E-state index in [0.717, 1.165) is 19.6 Å². The smallest absolute Gasteiger partial charge is 0.268 e. The highest BCUT2D eigenvalue weighted by Crippen LogP contribution is 2.33. The van der Waals surface area contributed by atoms with Crippen LogP contribution in [0.1, 0.15) is 41.6 Å². The summed E-state index contributed by atoms with van der Waals surface area (Å²) < 4.78 is 12.3. The zero-order chi connectivity index (χ0) is 21.1. The number of hydrogen-bond donors (Lipinski definition) is 0. The van der Waals surface area contributed by atoms with Crippen LogP contribution in [0.15, 0.2) is 35.3 Å². The van der Waals surface area contributed by atoms with Gasteiger partial charge in [0.1, 0.15) is 5.56 Å². The third-order valence-electron chi connectivity index (χ3n) is 5.95. The van der Waals surface area contributed by atoms with Gasteiger partial charge in [0.2, 0.25) is 6.79 Å². The van der Waals surface area contributed by atoms with E-state index >= 15 is 0 Å². The van der Waals surface area contributed by atoms with Crippen LogP contribution in [0, 0.1) is 6.92 Å². The van der Waals surface area contributed by atoms with Crippen LogP contribution in [-0.4, -0.2) is 60.3 Å². The van der Waals surface area contributed by atoms with Gasteiger partial charge in [-0.15, -0.1) is 0 Å². The Kier molecular flexibility index (Phi) is 6.08. The third kappa shape index (κ3) is 4.21. The predicted octanol–water partition coefficient (Wildman–Crippen LogP) is 2.82. The van der Waals surface area contributed by atoms with E-state index in [0.29, 0.717) is 29.3 Å². The summed E-state index contributed by atoms with van der Waals surface area (Å²) in [4.78, 5) is 30.4. The van der Waals surface area contributed by atoms with E-state index in [1.807, 2.05) is 6.07 Å². The van der Waals surface area contributed by atoms with Gasteiger partial charge in [0, 0.05) is 32.4 Å². The van der Waals surface area contributed by atoms with E-state index in [9.17, 15) is 9.59 Å². The van der Waals surface area contributed by atoms with Crippen molar-refractivity contribution in [2.45, 2.75) is 32.6 Å². The van der Waals surface area contributed by atoms with Crippen LogP contribution >= 0.6 is 0 Å². The van der Waals surface area contributed by atoms with Crippen LogP contribution in [0.5, 0.6) is 11.5 Å². The fourth-order valence-corrected chi connectivity index (χ4v) is 4.07. The van der Waals surface area contributed by atoms with E-state index in [-0.39, 0.29) is 23.8 Å². The molecule has 1 aromatic carbocycles. The van der Waals surface area contributed by atoms with Crippen LogP contribution in [-0.2, 0) is 0 Å². The van der Waals surface area contributed by atoms with Crippen molar-refractivity contribution in [3.8, 4) is 17.2 Å². The Morgan fingerprint density at radius 1 is 1.07 bits per heavy atom. The van der Waals surface area contributed by atoms with Crippen molar-refractivity contribution in [1.82, 2.24) is 14.4 Å². The summed E-state index contributed by atoms with van der Waals surface area (Å²) in [6.07, 6.45) is 6.70. The molecule has 2 aromatic rings. The topological polar surface area (TPSA) is 64.0 Å². The number of benzene rings is 1. The van der Waals surface area contributed by atoms with Crippen molar-refractivity contribution in [3.63, 3.8) is 0 Å². The molecule has 1 aromatic heterocycles.